The molecule has 1 aromatic heterocycles. The van der Waals surface area contributed by atoms with Crippen molar-refractivity contribution in [3.05, 3.63) is 30.1 Å². The minimum atomic E-state index is -0.459. The molecule has 2 fully saturated rings. The molecule has 1 aliphatic heterocycles. The third-order valence-corrected chi connectivity index (χ3v) is 3.99. The lowest BCUT2D eigenvalue weighted by Gasteiger charge is -2.36. The van der Waals surface area contributed by atoms with Gasteiger partial charge in [0.1, 0.15) is 0 Å². The van der Waals surface area contributed by atoms with E-state index < -0.39 is 5.79 Å². The van der Waals surface area contributed by atoms with Crippen LogP contribution in [0, 0.1) is 0 Å². The van der Waals surface area contributed by atoms with Crippen molar-refractivity contribution in [2.24, 2.45) is 0 Å². The molecule has 2 N–H and O–H groups in total. The van der Waals surface area contributed by atoms with Gasteiger partial charge in [-0.05, 0) is 24.5 Å². The van der Waals surface area contributed by atoms with Crippen LogP contribution < -0.4 is 10.6 Å². The summed E-state index contributed by atoms with van der Waals surface area (Å²) in [6.07, 6.45) is 7.08. The Labute approximate surface area is 124 Å². The fraction of sp³-hybridized carbons (Fsp3) is 0.600. The third kappa shape index (κ3) is 3.71. The smallest absolute Gasteiger partial charge is 0.315 e. The first-order chi connectivity index (χ1) is 10.3. The summed E-state index contributed by atoms with van der Waals surface area (Å²) in [4.78, 5) is 16.0. The maximum Gasteiger partial charge on any atom is 0.315 e. The van der Waals surface area contributed by atoms with Crippen molar-refractivity contribution in [1.82, 2.24) is 15.6 Å². The number of amides is 2. The van der Waals surface area contributed by atoms with Gasteiger partial charge in [-0.3, -0.25) is 4.98 Å². The van der Waals surface area contributed by atoms with E-state index in [1.165, 1.54) is 0 Å². The van der Waals surface area contributed by atoms with Gasteiger partial charge < -0.3 is 20.1 Å². The molecule has 1 aromatic rings. The molecule has 2 amide bonds. The van der Waals surface area contributed by atoms with Crippen LogP contribution in [0.15, 0.2) is 24.5 Å². The maximum absolute atomic E-state index is 12.0. The summed E-state index contributed by atoms with van der Waals surface area (Å²) in [6.45, 7) is 1.78. The lowest BCUT2D eigenvalue weighted by molar-refractivity contribution is -0.181. The summed E-state index contributed by atoms with van der Waals surface area (Å²) in [7, 11) is 0. The molecular weight excluding hydrogens is 270 g/mol. The lowest BCUT2D eigenvalue weighted by Crippen LogP contribution is -2.49. The van der Waals surface area contributed by atoms with Gasteiger partial charge in [0, 0.05) is 37.8 Å². The second-order valence-corrected chi connectivity index (χ2v) is 5.59. The molecule has 0 aromatic carbocycles. The molecule has 114 valence electrons. The van der Waals surface area contributed by atoms with Gasteiger partial charge in [0.25, 0.3) is 0 Å². The number of rotatable bonds is 3. The summed E-state index contributed by atoms with van der Waals surface area (Å²) >= 11 is 0. The highest BCUT2D eigenvalue weighted by atomic mass is 16.7. The average Bonchev–Trinajstić information content (AvgIpc) is 2.94. The van der Waals surface area contributed by atoms with Crippen molar-refractivity contribution in [1.29, 1.82) is 0 Å². The molecule has 1 saturated heterocycles. The number of aromatic nitrogens is 1. The van der Waals surface area contributed by atoms with Gasteiger partial charge in [-0.1, -0.05) is 6.07 Å². The molecule has 21 heavy (non-hydrogen) atoms. The predicted octanol–water partition coefficient (Wildman–Crippen LogP) is 1.57. The molecule has 1 spiro atoms. The van der Waals surface area contributed by atoms with Gasteiger partial charge >= 0.3 is 6.03 Å². The van der Waals surface area contributed by atoms with E-state index in [0.29, 0.717) is 19.8 Å². The number of nitrogens with zero attached hydrogens (tertiary/aromatic N) is 1. The number of hydrogen-bond donors (Lipinski definition) is 2. The molecule has 6 nitrogen and oxygen atoms in total. The second kappa shape index (κ2) is 6.41. The Morgan fingerprint density at radius 3 is 3.05 bits per heavy atom. The van der Waals surface area contributed by atoms with Gasteiger partial charge in [0.15, 0.2) is 5.79 Å². The fourth-order valence-corrected chi connectivity index (χ4v) is 3.00. The van der Waals surface area contributed by atoms with E-state index in [1.807, 2.05) is 12.1 Å². The van der Waals surface area contributed by atoms with Crippen molar-refractivity contribution in [3.8, 4) is 0 Å². The molecule has 1 atom stereocenters. The number of nitrogens with one attached hydrogen (secondary N) is 2. The predicted molar refractivity (Wildman–Crippen MR) is 76.5 cm³/mol. The topological polar surface area (TPSA) is 72.5 Å². The standard InChI is InChI=1S/C15H21N3O3/c19-14(17-11-12-3-2-6-16-10-12)18-13-4-1-5-15(9-13)20-7-8-21-15/h2-3,6,10,13H,1,4-5,7-9,11H2,(H2,17,18,19)/t13-/m1/s1. The van der Waals surface area contributed by atoms with Gasteiger partial charge in [-0.2, -0.15) is 0 Å². The van der Waals surface area contributed by atoms with Crippen molar-refractivity contribution < 1.29 is 14.3 Å². The van der Waals surface area contributed by atoms with E-state index >= 15 is 0 Å². The Morgan fingerprint density at radius 2 is 2.29 bits per heavy atom. The molecule has 1 saturated carbocycles. The van der Waals surface area contributed by atoms with Gasteiger partial charge in [-0.15, -0.1) is 0 Å². The van der Waals surface area contributed by atoms with Gasteiger partial charge in [0.05, 0.1) is 13.2 Å². The van der Waals surface area contributed by atoms with Crippen LogP contribution in [0.25, 0.3) is 0 Å². The number of pyridine rings is 1. The van der Waals surface area contributed by atoms with Crippen LogP contribution in [-0.2, 0) is 16.0 Å². The van der Waals surface area contributed by atoms with Gasteiger partial charge in [0.2, 0.25) is 0 Å². The third-order valence-electron chi connectivity index (χ3n) is 3.99. The van der Waals surface area contributed by atoms with Crippen LogP contribution in [0.1, 0.15) is 31.2 Å². The molecule has 0 unspecified atom stereocenters. The van der Waals surface area contributed by atoms with Crippen LogP contribution in [0.3, 0.4) is 0 Å². The Hall–Kier alpha value is -1.66. The first-order valence-electron chi connectivity index (χ1n) is 7.47. The van der Waals surface area contributed by atoms with E-state index in [-0.39, 0.29) is 12.1 Å². The molecule has 2 heterocycles. The van der Waals surface area contributed by atoms with Crippen LogP contribution in [0.4, 0.5) is 4.79 Å². The molecule has 3 rings (SSSR count). The number of hydrogen-bond acceptors (Lipinski definition) is 4. The van der Waals surface area contributed by atoms with Crippen LogP contribution in [0.5, 0.6) is 0 Å². The van der Waals surface area contributed by atoms with Crippen LogP contribution in [0.2, 0.25) is 0 Å². The second-order valence-electron chi connectivity index (χ2n) is 5.59. The minimum Gasteiger partial charge on any atom is -0.347 e. The first kappa shape index (κ1) is 14.3. The molecule has 2 aliphatic rings. The Kier molecular flexibility index (Phi) is 4.36. The molecule has 0 bridgehead atoms. The lowest BCUT2D eigenvalue weighted by atomic mass is 9.90. The van der Waals surface area contributed by atoms with E-state index in [2.05, 4.69) is 15.6 Å². The number of ether oxygens (including phenoxy) is 2. The molecule has 6 heteroatoms. The van der Waals surface area contributed by atoms with Crippen LogP contribution in [-0.4, -0.2) is 36.1 Å². The quantitative estimate of drug-likeness (QED) is 0.886. The average molecular weight is 291 g/mol. The van der Waals surface area contributed by atoms with Gasteiger partial charge in [-0.25, -0.2) is 4.79 Å². The monoisotopic (exact) mass is 291 g/mol. The number of urea groups is 1. The summed E-state index contributed by atoms with van der Waals surface area (Å²) in [5.74, 6) is -0.459. The number of carbonyl (C=O) groups is 1. The van der Waals surface area contributed by atoms with Crippen LogP contribution >= 0.6 is 0 Å². The van der Waals surface area contributed by atoms with Crippen molar-refractivity contribution in [3.63, 3.8) is 0 Å². The molecule has 0 radical (unpaired) electrons. The van der Waals surface area contributed by atoms with E-state index in [4.69, 9.17) is 9.47 Å². The summed E-state index contributed by atoms with van der Waals surface area (Å²) in [5.41, 5.74) is 0.982. The Bertz CT molecular complexity index is 474. The Balaban J connectivity index is 1.46. The highest BCUT2D eigenvalue weighted by Crippen LogP contribution is 2.35. The Morgan fingerprint density at radius 1 is 1.43 bits per heavy atom. The highest BCUT2D eigenvalue weighted by molar-refractivity contribution is 5.74. The van der Waals surface area contributed by atoms with Crippen molar-refractivity contribution >= 4 is 6.03 Å². The SMILES string of the molecule is O=C(NCc1cccnc1)N[C@@H]1CCCC2(C1)OCCO2. The number of carbonyl (C=O) groups excluding carboxylic acids is 1. The van der Waals surface area contributed by atoms with E-state index in [9.17, 15) is 4.79 Å². The summed E-state index contributed by atoms with van der Waals surface area (Å²) in [5, 5.41) is 5.86. The summed E-state index contributed by atoms with van der Waals surface area (Å²) < 4.78 is 11.4. The normalized spacial score (nSPS) is 23.9. The minimum absolute atomic E-state index is 0.103. The van der Waals surface area contributed by atoms with E-state index in [1.54, 1.807) is 12.4 Å². The largest absolute Gasteiger partial charge is 0.347 e. The van der Waals surface area contributed by atoms with Crippen molar-refractivity contribution in [2.45, 2.75) is 44.1 Å². The summed E-state index contributed by atoms with van der Waals surface area (Å²) in [6, 6.07) is 3.74. The van der Waals surface area contributed by atoms with Crippen molar-refractivity contribution in [2.75, 3.05) is 13.2 Å². The molecular formula is C15H21N3O3. The molecule has 1 aliphatic carbocycles. The fourth-order valence-electron chi connectivity index (χ4n) is 3.00. The van der Waals surface area contributed by atoms with E-state index in [0.717, 1.165) is 31.2 Å². The maximum atomic E-state index is 12.0. The highest BCUT2D eigenvalue weighted by Gasteiger charge is 2.41. The zero-order chi connectivity index (χ0) is 14.5. The zero-order valence-corrected chi connectivity index (χ0v) is 12.0. The zero-order valence-electron chi connectivity index (χ0n) is 12.0. The first-order valence-corrected chi connectivity index (χ1v) is 7.47.